The molecule has 1 rings (SSSR count). The lowest BCUT2D eigenvalue weighted by atomic mass is 10.4. The number of anilines is 1. The minimum absolute atomic E-state index is 0.543. The van der Waals surface area contributed by atoms with E-state index in [9.17, 15) is 4.79 Å². The van der Waals surface area contributed by atoms with E-state index >= 15 is 0 Å². The standard InChI is InChI=1S/C6H9N3O.2C2H6/c1-4-2-5(3-8-4)9-6(7)10;2*1-2/h2-3,8H,1H3,(H3,7,9,10);2*1-2H3. The van der Waals surface area contributed by atoms with Gasteiger partial charge in [0.1, 0.15) is 0 Å². The van der Waals surface area contributed by atoms with Crippen molar-refractivity contribution in [1.82, 2.24) is 4.98 Å². The van der Waals surface area contributed by atoms with Crippen molar-refractivity contribution in [2.45, 2.75) is 34.6 Å². The van der Waals surface area contributed by atoms with Crippen molar-refractivity contribution in [3.63, 3.8) is 0 Å². The van der Waals surface area contributed by atoms with Crippen molar-refractivity contribution < 1.29 is 4.79 Å². The van der Waals surface area contributed by atoms with Crippen molar-refractivity contribution >= 4 is 11.7 Å². The molecule has 0 unspecified atom stereocenters. The van der Waals surface area contributed by atoms with Gasteiger partial charge in [-0.2, -0.15) is 0 Å². The quantitative estimate of drug-likeness (QED) is 0.639. The molecule has 1 heterocycles. The summed E-state index contributed by atoms with van der Waals surface area (Å²) < 4.78 is 0. The van der Waals surface area contributed by atoms with E-state index in [0.29, 0.717) is 5.69 Å². The third-order valence-corrected chi connectivity index (χ3v) is 1.09. The number of hydrogen-bond acceptors (Lipinski definition) is 1. The highest BCUT2D eigenvalue weighted by atomic mass is 16.2. The van der Waals surface area contributed by atoms with Crippen LogP contribution in [0.4, 0.5) is 10.5 Å². The smallest absolute Gasteiger partial charge is 0.316 e. The van der Waals surface area contributed by atoms with Gasteiger partial charge in [0, 0.05) is 11.9 Å². The average Bonchev–Trinajstić information content (AvgIpc) is 2.57. The molecule has 0 spiro atoms. The first-order valence-corrected chi connectivity index (χ1v) is 4.90. The van der Waals surface area contributed by atoms with Crippen LogP contribution in [-0.2, 0) is 0 Å². The van der Waals surface area contributed by atoms with Crippen LogP contribution in [0.25, 0.3) is 0 Å². The number of nitrogens with two attached hydrogens (primary N) is 1. The maximum Gasteiger partial charge on any atom is 0.316 e. The van der Waals surface area contributed by atoms with Gasteiger partial charge in [-0.25, -0.2) is 4.79 Å². The second-order valence-corrected chi connectivity index (χ2v) is 2.06. The summed E-state index contributed by atoms with van der Waals surface area (Å²) in [5, 5.41) is 2.43. The maximum atomic E-state index is 10.3. The molecule has 0 bridgehead atoms. The fraction of sp³-hybridized carbons (Fsp3) is 0.500. The molecule has 1 aromatic rings. The fourth-order valence-corrected chi connectivity index (χ4v) is 0.723. The van der Waals surface area contributed by atoms with Crippen molar-refractivity contribution in [1.29, 1.82) is 0 Å². The summed E-state index contributed by atoms with van der Waals surface area (Å²) in [6, 6.07) is 1.25. The number of H-pyrrole nitrogens is 1. The van der Waals surface area contributed by atoms with Crippen LogP contribution in [0.2, 0.25) is 0 Å². The molecular weight excluding hydrogens is 178 g/mol. The van der Waals surface area contributed by atoms with Gasteiger partial charge in [0.05, 0.1) is 5.69 Å². The number of primary amides is 1. The molecule has 0 aliphatic heterocycles. The van der Waals surface area contributed by atoms with Crippen LogP contribution in [0.3, 0.4) is 0 Å². The first-order chi connectivity index (χ1) is 6.68. The zero-order chi connectivity index (χ0) is 11.6. The molecule has 1 aromatic heterocycles. The van der Waals surface area contributed by atoms with Gasteiger partial charge in [-0.1, -0.05) is 27.7 Å². The van der Waals surface area contributed by atoms with Crippen molar-refractivity contribution in [3.05, 3.63) is 18.0 Å². The Morgan fingerprint density at radius 3 is 2.14 bits per heavy atom. The largest absolute Gasteiger partial charge is 0.363 e. The molecule has 2 amide bonds. The Kier molecular flexibility index (Phi) is 10.4. The molecule has 0 aromatic carbocycles. The minimum atomic E-state index is -0.543. The topological polar surface area (TPSA) is 70.9 Å². The number of aromatic nitrogens is 1. The number of carbonyl (C=O) groups is 1. The molecular formula is C10H21N3O. The summed E-state index contributed by atoms with van der Waals surface area (Å²) >= 11 is 0. The highest BCUT2D eigenvalue weighted by molar-refractivity contribution is 5.87. The van der Waals surface area contributed by atoms with Gasteiger partial charge >= 0.3 is 6.03 Å². The Morgan fingerprint density at radius 2 is 1.86 bits per heavy atom. The van der Waals surface area contributed by atoms with Crippen LogP contribution in [0, 0.1) is 6.92 Å². The molecule has 4 N–H and O–H groups in total. The minimum Gasteiger partial charge on any atom is -0.363 e. The van der Waals surface area contributed by atoms with Crippen LogP contribution in [0.15, 0.2) is 12.3 Å². The third kappa shape index (κ3) is 7.21. The molecule has 4 heteroatoms. The molecule has 14 heavy (non-hydrogen) atoms. The molecule has 0 aliphatic rings. The van der Waals surface area contributed by atoms with Crippen molar-refractivity contribution in [2.75, 3.05) is 5.32 Å². The van der Waals surface area contributed by atoms with Gasteiger partial charge in [0.15, 0.2) is 0 Å². The summed E-state index contributed by atoms with van der Waals surface area (Å²) in [5.41, 5.74) is 6.56. The first-order valence-electron chi connectivity index (χ1n) is 4.90. The van der Waals surface area contributed by atoms with E-state index in [4.69, 9.17) is 5.73 Å². The molecule has 0 aliphatic carbocycles. The molecule has 0 saturated heterocycles. The normalized spacial score (nSPS) is 7.50. The van der Waals surface area contributed by atoms with Gasteiger partial charge < -0.3 is 16.0 Å². The number of rotatable bonds is 1. The van der Waals surface area contributed by atoms with Gasteiger partial charge in [0.2, 0.25) is 0 Å². The molecule has 0 fully saturated rings. The number of carbonyl (C=O) groups excluding carboxylic acids is 1. The summed E-state index contributed by atoms with van der Waals surface area (Å²) in [6.07, 6.45) is 1.68. The molecule has 4 nitrogen and oxygen atoms in total. The molecule has 0 radical (unpaired) electrons. The Morgan fingerprint density at radius 1 is 1.36 bits per heavy atom. The average molecular weight is 199 g/mol. The Bertz CT molecular complexity index is 243. The number of aromatic amines is 1. The summed E-state index contributed by atoms with van der Waals surface area (Å²) in [4.78, 5) is 13.2. The summed E-state index contributed by atoms with van der Waals surface area (Å²) in [7, 11) is 0. The van der Waals surface area contributed by atoms with E-state index in [1.807, 2.05) is 34.6 Å². The number of urea groups is 1. The van der Waals surface area contributed by atoms with Crippen LogP contribution in [-0.4, -0.2) is 11.0 Å². The van der Waals surface area contributed by atoms with E-state index in [-0.39, 0.29) is 0 Å². The van der Waals surface area contributed by atoms with E-state index < -0.39 is 6.03 Å². The third-order valence-electron chi connectivity index (χ3n) is 1.09. The Labute approximate surface area is 85.9 Å². The fourth-order valence-electron chi connectivity index (χ4n) is 0.723. The Hall–Kier alpha value is -1.45. The van der Waals surface area contributed by atoms with E-state index in [1.54, 1.807) is 12.3 Å². The van der Waals surface area contributed by atoms with Gasteiger partial charge in [0.25, 0.3) is 0 Å². The maximum absolute atomic E-state index is 10.3. The van der Waals surface area contributed by atoms with Crippen molar-refractivity contribution in [3.8, 4) is 0 Å². The predicted octanol–water partition coefficient (Wildman–Crippen LogP) is 2.87. The van der Waals surface area contributed by atoms with Gasteiger partial charge in [-0.15, -0.1) is 0 Å². The number of hydrogen-bond donors (Lipinski definition) is 3. The van der Waals surface area contributed by atoms with Gasteiger partial charge in [-0.3, -0.25) is 0 Å². The highest BCUT2D eigenvalue weighted by Crippen LogP contribution is 2.06. The predicted molar refractivity (Wildman–Crippen MR) is 61.4 cm³/mol. The zero-order valence-electron chi connectivity index (χ0n) is 9.64. The zero-order valence-corrected chi connectivity index (χ0v) is 9.64. The lowest BCUT2D eigenvalue weighted by molar-refractivity contribution is 0.259. The monoisotopic (exact) mass is 199 g/mol. The van der Waals surface area contributed by atoms with Crippen LogP contribution < -0.4 is 11.1 Å². The number of nitrogens with one attached hydrogen (secondary N) is 2. The summed E-state index contributed by atoms with van der Waals surface area (Å²) in [5.74, 6) is 0. The lowest BCUT2D eigenvalue weighted by Gasteiger charge is -1.92. The number of amides is 2. The van der Waals surface area contributed by atoms with E-state index in [1.165, 1.54) is 0 Å². The second kappa shape index (κ2) is 9.64. The molecule has 0 saturated carbocycles. The van der Waals surface area contributed by atoms with Crippen LogP contribution >= 0.6 is 0 Å². The van der Waals surface area contributed by atoms with E-state index in [0.717, 1.165) is 5.69 Å². The highest BCUT2D eigenvalue weighted by Gasteiger charge is 1.95. The van der Waals surface area contributed by atoms with Gasteiger partial charge in [-0.05, 0) is 13.0 Å². The lowest BCUT2D eigenvalue weighted by Crippen LogP contribution is -2.18. The Balaban J connectivity index is 0. The SMILES string of the molecule is CC.CC.Cc1cc(NC(N)=O)c[nH]1. The molecule has 82 valence electrons. The summed E-state index contributed by atoms with van der Waals surface area (Å²) in [6.45, 7) is 9.90. The molecule has 0 atom stereocenters. The first kappa shape index (κ1) is 15.0. The van der Waals surface area contributed by atoms with Crippen molar-refractivity contribution in [2.24, 2.45) is 5.73 Å². The van der Waals surface area contributed by atoms with E-state index in [2.05, 4.69) is 10.3 Å². The number of aryl methyl sites for hydroxylation is 1. The van der Waals surface area contributed by atoms with Crippen LogP contribution in [0.5, 0.6) is 0 Å². The second-order valence-electron chi connectivity index (χ2n) is 2.06. The van der Waals surface area contributed by atoms with Crippen LogP contribution in [0.1, 0.15) is 33.4 Å².